The summed E-state index contributed by atoms with van der Waals surface area (Å²) in [6.45, 7) is 7.25. The van der Waals surface area contributed by atoms with Gasteiger partial charge in [-0.1, -0.05) is 16.4 Å². The van der Waals surface area contributed by atoms with E-state index in [0.717, 1.165) is 24.0 Å². The van der Waals surface area contributed by atoms with E-state index in [9.17, 15) is 4.79 Å². The minimum atomic E-state index is 0.0946. The fourth-order valence-corrected chi connectivity index (χ4v) is 3.34. The molecule has 1 fully saturated rings. The zero-order valence-electron chi connectivity index (χ0n) is 15.7. The summed E-state index contributed by atoms with van der Waals surface area (Å²) < 4.78 is 6.98. The summed E-state index contributed by atoms with van der Waals surface area (Å²) >= 11 is 0. The van der Waals surface area contributed by atoms with Crippen LogP contribution in [0, 0.1) is 20.8 Å². The summed E-state index contributed by atoms with van der Waals surface area (Å²) in [5.74, 6) is 1.04. The standard InChI is InChI=1S/C19H22N6O2/c1-12-4-5-15(10-13(12)2)19(26)24-8-6-16(7-9-24)25-11-17(21-23-25)18-20-14(3)22-27-18/h4-5,10-11,16H,6-9H2,1-3H3. The molecule has 1 aliphatic rings. The van der Waals surface area contributed by atoms with E-state index in [1.165, 1.54) is 5.56 Å². The SMILES string of the molecule is Cc1noc(-c2cn(C3CCN(C(=O)c4ccc(C)c(C)c4)CC3)nn2)n1. The van der Waals surface area contributed by atoms with Crippen molar-refractivity contribution in [3.8, 4) is 11.6 Å². The molecule has 0 N–H and O–H groups in total. The lowest BCUT2D eigenvalue weighted by Gasteiger charge is -2.32. The van der Waals surface area contributed by atoms with E-state index in [0.29, 0.717) is 30.5 Å². The third kappa shape index (κ3) is 3.47. The van der Waals surface area contributed by atoms with Crippen molar-refractivity contribution in [3.05, 3.63) is 46.9 Å². The molecule has 8 heteroatoms. The van der Waals surface area contributed by atoms with Crippen LogP contribution in [0.25, 0.3) is 11.6 Å². The quantitative estimate of drug-likeness (QED) is 0.708. The van der Waals surface area contributed by atoms with Crippen molar-refractivity contribution in [3.63, 3.8) is 0 Å². The average molecular weight is 366 g/mol. The van der Waals surface area contributed by atoms with Gasteiger partial charge < -0.3 is 9.42 Å². The Morgan fingerprint density at radius 3 is 2.59 bits per heavy atom. The summed E-state index contributed by atoms with van der Waals surface area (Å²) in [7, 11) is 0. The maximum absolute atomic E-state index is 12.8. The van der Waals surface area contributed by atoms with Crippen LogP contribution in [0.3, 0.4) is 0 Å². The number of hydrogen-bond acceptors (Lipinski definition) is 6. The van der Waals surface area contributed by atoms with Crippen molar-refractivity contribution < 1.29 is 9.32 Å². The Kier molecular flexibility index (Phi) is 4.47. The molecule has 0 bridgehead atoms. The van der Waals surface area contributed by atoms with E-state index in [4.69, 9.17) is 4.52 Å². The van der Waals surface area contributed by atoms with E-state index in [1.807, 2.05) is 40.9 Å². The molecular formula is C19H22N6O2. The Labute approximate surface area is 157 Å². The highest BCUT2D eigenvalue weighted by molar-refractivity contribution is 5.94. The van der Waals surface area contributed by atoms with Gasteiger partial charge in [-0.05, 0) is 56.9 Å². The minimum absolute atomic E-state index is 0.0946. The highest BCUT2D eigenvalue weighted by Crippen LogP contribution is 2.25. The molecule has 3 aromatic rings. The predicted molar refractivity (Wildman–Crippen MR) is 98.1 cm³/mol. The highest BCUT2D eigenvalue weighted by atomic mass is 16.5. The van der Waals surface area contributed by atoms with Gasteiger partial charge in [-0.25, -0.2) is 4.68 Å². The van der Waals surface area contributed by atoms with Gasteiger partial charge in [-0.2, -0.15) is 4.98 Å². The molecule has 27 heavy (non-hydrogen) atoms. The van der Waals surface area contributed by atoms with Crippen LogP contribution in [0.2, 0.25) is 0 Å². The van der Waals surface area contributed by atoms with Crippen LogP contribution in [0.15, 0.2) is 28.9 Å². The second-order valence-corrected chi connectivity index (χ2v) is 7.05. The molecule has 0 radical (unpaired) electrons. The Morgan fingerprint density at radius 1 is 1.15 bits per heavy atom. The van der Waals surface area contributed by atoms with Crippen LogP contribution in [-0.2, 0) is 0 Å². The maximum atomic E-state index is 12.8. The monoisotopic (exact) mass is 366 g/mol. The van der Waals surface area contributed by atoms with E-state index in [2.05, 4.69) is 27.4 Å². The van der Waals surface area contributed by atoms with Crippen molar-refractivity contribution in [2.75, 3.05) is 13.1 Å². The number of hydrogen-bond donors (Lipinski definition) is 0. The van der Waals surface area contributed by atoms with Crippen LogP contribution < -0.4 is 0 Å². The first-order valence-electron chi connectivity index (χ1n) is 9.10. The second-order valence-electron chi connectivity index (χ2n) is 7.05. The van der Waals surface area contributed by atoms with Gasteiger partial charge in [0.25, 0.3) is 11.8 Å². The maximum Gasteiger partial charge on any atom is 0.280 e. The molecule has 2 aromatic heterocycles. The Balaban J connectivity index is 1.41. The molecule has 1 amide bonds. The highest BCUT2D eigenvalue weighted by Gasteiger charge is 2.26. The summed E-state index contributed by atoms with van der Waals surface area (Å²) in [5, 5.41) is 12.1. The molecule has 3 heterocycles. The lowest BCUT2D eigenvalue weighted by Crippen LogP contribution is -2.39. The fraction of sp³-hybridized carbons (Fsp3) is 0.421. The van der Waals surface area contributed by atoms with Crippen LogP contribution >= 0.6 is 0 Å². The molecule has 1 aliphatic heterocycles. The van der Waals surface area contributed by atoms with Crippen LogP contribution in [-0.4, -0.2) is 49.0 Å². The van der Waals surface area contributed by atoms with Crippen LogP contribution in [0.5, 0.6) is 0 Å². The lowest BCUT2D eigenvalue weighted by atomic mass is 10.0. The summed E-state index contributed by atoms with van der Waals surface area (Å²) in [5.41, 5.74) is 3.67. The van der Waals surface area contributed by atoms with E-state index in [1.54, 1.807) is 6.92 Å². The summed E-state index contributed by atoms with van der Waals surface area (Å²) in [4.78, 5) is 18.9. The zero-order chi connectivity index (χ0) is 19.0. The first kappa shape index (κ1) is 17.4. The van der Waals surface area contributed by atoms with Crippen LogP contribution in [0.4, 0.5) is 0 Å². The number of likely N-dealkylation sites (tertiary alicyclic amines) is 1. The number of aromatic nitrogens is 5. The summed E-state index contributed by atoms with van der Waals surface area (Å²) in [6.07, 6.45) is 3.50. The lowest BCUT2D eigenvalue weighted by molar-refractivity contribution is 0.0689. The zero-order valence-corrected chi connectivity index (χ0v) is 15.7. The first-order chi connectivity index (χ1) is 13.0. The number of rotatable bonds is 3. The second kappa shape index (κ2) is 6.94. The largest absolute Gasteiger partial charge is 0.338 e. The third-order valence-corrected chi connectivity index (χ3v) is 5.14. The molecule has 140 valence electrons. The Bertz CT molecular complexity index is 968. The molecule has 1 saturated heterocycles. The number of amides is 1. The smallest absolute Gasteiger partial charge is 0.280 e. The van der Waals surface area contributed by atoms with Crippen molar-refractivity contribution in [1.29, 1.82) is 0 Å². The van der Waals surface area contributed by atoms with Crippen molar-refractivity contribution in [1.82, 2.24) is 30.0 Å². The molecule has 1 aromatic carbocycles. The van der Waals surface area contributed by atoms with E-state index >= 15 is 0 Å². The van der Waals surface area contributed by atoms with Gasteiger partial charge in [0, 0.05) is 18.7 Å². The normalized spacial score (nSPS) is 15.3. The number of nitrogens with zero attached hydrogens (tertiary/aromatic N) is 6. The van der Waals surface area contributed by atoms with Gasteiger partial charge >= 0.3 is 0 Å². The Morgan fingerprint density at radius 2 is 1.93 bits per heavy atom. The van der Waals surface area contributed by atoms with Gasteiger partial charge in [0.15, 0.2) is 11.5 Å². The van der Waals surface area contributed by atoms with Gasteiger partial charge in [-0.15, -0.1) is 5.10 Å². The third-order valence-electron chi connectivity index (χ3n) is 5.14. The molecule has 0 unspecified atom stereocenters. The van der Waals surface area contributed by atoms with Gasteiger partial charge in [0.05, 0.1) is 12.2 Å². The topological polar surface area (TPSA) is 89.9 Å². The van der Waals surface area contributed by atoms with Crippen molar-refractivity contribution in [2.45, 2.75) is 39.7 Å². The van der Waals surface area contributed by atoms with Gasteiger partial charge in [0.1, 0.15) is 0 Å². The summed E-state index contributed by atoms with van der Waals surface area (Å²) in [6, 6.07) is 6.09. The number of piperidine rings is 1. The van der Waals surface area contributed by atoms with Crippen molar-refractivity contribution in [2.24, 2.45) is 0 Å². The average Bonchev–Trinajstić information content (AvgIpc) is 3.32. The minimum Gasteiger partial charge on any atom is -0.338 e. The van der Waals surface area contributed by atoms with Gasteiger partial charge in [-0.3, -0.25) is 4.79 Å². The van der Waals surface area contributed by atoms with Crippen molar-refractivity contribution >= 4 is 5.91 Å². The Hall–Kier alpha value is -3.03. The molecule has 0 spiro atoms. The number of carbonyl (C=O) groups is 1. The van der Waals surface area contributed by atoms with E-state index < -0.39 is 0 Å². The molecule has 0 atom stereocenters. The fourth-order valence-electron chi connectivity index (χ4n) is 3.34. The number of aryl methyl sites for hydroxylation is 3. The molecule has 0 saturated carbocycles. The molecular weight excluding hydrogens is 344 g/mol. The molecule has 4 rings (SSSR count). The van der Waals surface area contributed by atoms with E-state index in [-0.39, 0.29) is 11.9 Å². The number of benzene rings is 1. The number of carbonyl (C=O) groups excluding carboxylic acids is 1. The van der Waals surface area contributed by atoms with Crippen LogP contribution in [0.1, 0.15) is 46.2 Å². The molecule has 8 nitrogen and oxygen atoms in total. The molecule has 0 aliphatic carbocycles. The van der Waals surface area contributed by atoms with Gasteiger partial charge in [0.2, 0.25) is 0 Å². The predicted octanol–water partition coefficient (Wildman–Crippen LogP) is 2.73. The first-order valence-corrected chi connectivity index (χ1v) is 9.10.